The number of nitrogens with zero attached hydrogens (tertiary/aromatic N) is 1. The topological polar surface area (TPSA) is 69.7 Å². The van der Waals surface area contributed by atoms with E-state index >= 15 is 0 Å². The van der Waals surface area contributed by atoms with Crippen LogP contribution >= 0.6 is 11.6 Å². The van der Waals surface area contributed by atoms with E-state index in [-0.39, 0.29) is 11.6 Å². The highest BCUT2D eigenvalue weighted by Gasteiger charge is 2.15. The Morgan fingerprint density at radius 1 is 0.962 bits per heavy atom. The van der Waals surface area contributed by atoms with Gasteiger partial charge in [-0.25, -0.2) is 4.98 Å². The molecule has 0 fully saturated rings. The zero-order valence-electron chi connectivity index (χ0n) is 14.5. The highest BCUT2D eigenvalue weighted by molar-refractivity contribution is 6.32. The molecule has 1 amide bonds. The van der Waals surface area contributed by atoms with Crippen molar-refractivity contribution in [2.75, 3.05) is 26.6 Å². The summed E-state index contributed by atoms with van der Waals surface area (Å²) in [7, 11) is 4.60. The largest absolute Gasteiger partial charge is 0.497 e. The monoisotopic (exact) mass is 372 g/mol. The van der Waals surface area contributed by atoms with Gasteiger partial charge in [-0.3, -0.25) is 4.79 Å². The van der Waals surface area contributed by atoms with Gasteiger partial charge in [0, 0.05) is 17.5 Å². The van der Waals surface area contributed by atoms with E-state index in [4.69, 9.17) is 25.8 Å². The number of fused-ring (bicyclic) bond motifs is 1. The Bertz CT molecular complexity index is 975. The molecule has 1 heterocycles. The number of amides is 1. The number of aromatic nitrogens is 1. The number of benzene rings is 2. The maximum absolute atomic E-state index is 12.6. The molecular weight excluding hydrogens is 356 g/mol. The van der Waals surface area contributed by atoms with Crippen molar-refractivity contribution in [1.29, 1.82) is 0 Å². The smallest absolute Gasteiger partial charge is 0.274 e. The van der Waals surface area contributed by atoms with Gasteiger partial charge in [-0.2, -0.15) is 0 Å². The second-order valence-electron chi connectivity index (χ2n) is 5.40. The first-order valence-electron chi connectivity index (χ1n) is 7.73. The molecule has 0 aliphatic rings. The summed E-state index contributed by atoms with van der Waals surface area (Å²) in [6.45, 7) is 0. The van der Waals surface area contributed by atoms with Gasteiger partial charge in [0.25, 0.3) is 5.91 Å². The van der Waals surface area contributed by atoms with Crippen molar-refractivity contribution >= 4 is 34.1 Å². The Morgan fingerprint density at radius 3 is 2.42 bits per heavy atom. The van der Waals surface area contributed by atoms with Crippen LogP contribution in [0.25, 0.3) is 10.9 Å². The van der Waals surface area contributed by atoms with Gasteiger partial charge in [0.15, 0.2) is 0 Å². The van der Waals surface area contributed by atoms with E-state index < -0.39 is 0 Å². The summed E-state index contributed by atoms with van der Waals surface area (Å²) in [4.78, 5) is 17.0. The molecule has 0 spiro atoms. The van der Waals surface area contributed by atoms with Gasteiger partial charge in [-0.1, -0.05) is 17.7 Å². The molecule has 0 aliphatic heterocycles. The fourth-order valence-electron chi connectivity index (χ4n) is 2.50. The first kappa shape index (κ1) is 17.8. The lowest BCUT2D eigenvalue weighted by atomic mass is 10.2. The Balaban J connectivity index is 1.91. The minimum Gasteiger partial charge on any atom is -0.497 e. The number of hydrogen-bond donors (Lipinski definition) is 1. The quantitative estimate of drug-likeness (QED) is 0.728. The fraction of sp³-hybridized carbons (Fsp3) is 0.158. The Labute approximate surface area is 155 Å². The van der Waals surface area contributed by atoms with Crippen LogP contribution in [0.4, 0.5) is 5.69 Å². The molecule has 0 atom stereocenters. The molecule has 1 N–H and O–H groups in total. The van der Waals surface area contributed by atoms with Crippen molar-refractivity contribution in [2.45, 2.75) is 0 Å². The first-order chi connectivity index (χ1) is 12.5. The van der Waals surface area contributed by atoms with Crippen LogP contribution in [0.3, 0.4) is 0 Å². The van der Waals surface area contributed by atoms with E-state index in [1.807, 2.05) is 12.1 Å². The lowest BCUT2D eigenvalue weighted by Crippen LogP contribution is -2.14. The predicted octanol–water partition coefficient (Wildman–Crippen LogP) is 4.17. The number of pyridine rings is 1. The van der Waals surface area contributed by atoms with Gasteiger partial charge in [0.05, 0.1) is 37.6 Å². The van der Waals surface area contributed by atoms with E-state index in [1.165, 1.54) is 14.2 Å². The summed E-state index contributed by atoms with van der Waals surface area (Å²) in [5, 5.41) is 4.05. The summed E-state index contributed by atoms with van der Waals surface area (Å²) >= 11 is 6.08. The summed E-state index contributed by atoms with van der Waals surface area (Å²) in [6, 6.07) is 12.1. The van der Waals surface area contributed by atoms with Crippen LogP contribution in [-0.2, 0) is 0 Å². The maximum atomic E-state index is 12.6. The van der Waals surface area contributed by atoms with Gasteiger partial charge in [0.2, 0.25) is 0 Å². The third-order valence-corrected chi connectivity index (χ3v) is 4.15. The summed E-state index contributed by atoms with van der Waals surface area (Å²) in [5.74, 6) is 1.22. The van der Waals surface area contributed by atoms with E-state index in [1.54, 1.807) is 37.4 Å². The number of carbonyl (C=O) groups excluding carboxylic acids is 1. The molecule has 0 saturated heterocycles. The lowest BCUT2D eigenvalue weighted by Gasteiger charge is -2.13. The minimum atomic E-state index is -0.370. The van der Waals surface area contributed by atoms with Gasteiger partial charge in [0.1, 0.15) is 22.9 Å². The summed E-state index contributed by atoms with van der Waals surface area (Å²) < 4.78 is 15.6. The van der Waals surface area contributed by atoms with Crippen molar-refractivity contribution < 1.29 is 19.0 Å². The number of hydrogen-bond acceptors (Lipinski definition) is 5. The van der Waals surface area contributed by atoms with Crippen LogP contribution in [0.15, 0.2) is 42.5 Å². The molecule has 134 valence electrons. The molecule has 6 nitrogen and oxygen atoms in total. The first-order valence-corrected chi connectivity index (χ1v) is 8.11. The zero-order valence-corrected chi connectivity index (χ0v) is 15.3. The lowest BCUT2D eigenvalue weighted by molar-refractivity contribution is 0.102. The zero-order chi connectivity index (χ0) is 18.7. The predicted molar refractivity (Wildman–Crippen MR) is 101 cm³/mol. The molecule has 0 radical (unpaired) electrons. The number of ether oxygens (including phenoxy) is 3. The molecule has 0 saturated carbocycles. The maximum Gasteiger partial charge on any atom is 0.274 e. The van der Waals surface area contributed by atoms with Crippen LogP contribution in [-0.4, -0.2) is 32.2 Å². The molecule has 0 aliphatic carbocycles. The van der Waals surface area contributed by atoms with E-state index in [2.05, 4.69) is 10.3 Å². The van der Waals surface area contributed by atoms with Gasteiger partial charge < -0.3 is 19.5 Å². The van der Waals surface area contributed by atoms with Gasteiger partial charge in [-0.05, 0) is 24.3 Å². The third-order valence-electron chi connectivity index (χ3n) is 3.85. The van der Waals surface area contributed by atoms with Crippen molar-refractivity contribution in [2.24, 2.45) is 0 Å². The highest BCUT2D eigenvalue weighted by atomic mass is 35.5. The Morgan fingerprint density at radius 2 is 1.73 bits per heavy atom. The fourth-order valence-corrected chi connectivity index (χ4v) is 2.73. The van der Waals surface area contributed by atoms with Crippen molar-refractivity contribution in [3.8, 4) is 17.2 Å². The summed E-state index contributed by atoms with van der Waals surface area (Å²) in [5.41, 5.74) is 1.41. The Kier molecular flexibility index (Phi) is 5.14. The normalized spacial score (nSPS) is 10.5. The van der Waals surface area contributed by atoms with Gasteiger partial charge >= 0.3 is 0 Å². The number of nitrogens with one attached hydrogen (secondary N) is 1. The molecule has 0 bridgehead atoms. The Hall–Kier alpha value is -2.99. The van der Waals surface area contributed by atoms with E-state index in [0.717, 1.165) is 11.1 Å². The van der Waals surface area contributed by atoms with Crippen molar-refractivity contribution in [3.63, 3.8) is 0 Å². The molecule has 2 aromatic carbocycles. The van der Waals surface area contributed by atoms with E-state index in [9.17, 15) is 4.79 Å². The third kappa shape index (κ3) is 3.50. The van der Waals surface area contributed by atoms with Crippen LogP contribution in [0.5, 0.6) is 17.2 Å². The number of methoxy groups -OCH3 is 3. The standard InChI is InChI=1S/C19H17ClN2O4/c1-24-12-5-7-14-11(8-12)4-6-15(21-14)19(23)22-16-10-17(25-2)13(20)9-18(16)26-3/h4-10H,1-3H3,(H,22,23). The number of anilines is 1. The SMILES string of the molecule is COc1ccc2nc(C(=O)Nc3cc(OC)c(Cl)cc3OC)ccc2c1. The van der Waals surface area contributed by atoms with Crippen LogP contribution in [0, 0.1) is 0 Å². The number of rotatable bonds is 5. The second kappa shape index (κ2) is 7.49. The van der Waals surface area contributed by atoms with Crippen LogP contribution < -0.4 is 19.5 Å². The highest BCUT2D eigenvalue weighted by Crippen LogP contribution is 2.36. The number of carbonyl (C=O) groups is 1. The second-order valence-corrected chi connectivity index (χ2v) is 5.80. The molecule has 0 unspecified atom stereocenters. The van der Waals surface area contributed by atoms with Gasteiger partial charge in [-0.15, -0.1) is 0 Å². The molecule has 1 aromatic heterocycles. The average molecular weight is 373 g/mol. The molecule has 3 rings (SSSR count). The summed E-state index contributed by atoms with van der Waals surface area (Å²) in [6.07, 6.45) is 0. The van der Waals surface area contributed by atoms with Crippen molar-refractivity contribution in [1.82, 2.24) is 4.98 Å². The molecule has 26 heavy (non-hydrogen) atoms. The van der Waals surface area contributed by atoms with E-state index in [0.29, 0.717) is 27.7 Å². The molecule has 7 heteroatoms. The number of halogens is 1. The van der Waals surface area contributed by atoms with Crippen molar-refractivity contribution in [3.05, 3.63) is 53.2 Å². The van der Waals surface area contributed by atoms with Crippen LogP contribution in [0.1, 0.15) is 10.5 Å². The average Bonchev–Trinajstić information content (AvgIpc) is 2.67. The molecule has 3 aromatic rings. The minimum absolute atomic E-state index is 0.277. The molecular formula is C19H17ClN2O4. The van der Waals surface area contributed by atoms with Crippen LogP contribution in [0.2, 0.25) is 5.02 Å².